The zero-order valence-electron chi connectivity index (χ0n) is 20.5. The van der Waals surface area contributed by atoms with Crippen molar-refractivity contribution in [2.75, 3.05) is 18.0 Å². The second-order valence-corrected chi connectivity index (χ2v) is 8.54. The van der Waals surface area contributed by atoms with Crippen molar-refractivity contribution in [3.8, 4) is 11.8 Å². The van der Waals surface area contributed by atoms with Gasteiger partial charge in [0.15, 0.2) is 0 Å². The van der Waals surface area contributed by atoms with Crippen molar-refractivity contribution >= 4 is 28.6 Å². The van der Waals surface area contributed by atoms with Crippen LogP contribution >= 0.6 is 11.6 Å². The maximum Gasteiger partial charge on any atom is 0.203 e. The number of fused-ring (bicyclic) bond motifs is 1. The summed E-state index contributed by atoms with van der Waals surface area (Å²) >= 11 is 5.61. The molecule has 176 valence electrons. The summed E-state index contributed by atoms with van der Waals surface area (Å²) in [7, 11) is 0. The number of aromatic nitrogens is 3. The van der Waals surface area contributed by atoms with E-state index in [1.54, 1.807) is 0 Å². The number of halogens is 1. The molecule has 34 heavy (non-hydrogen) atoms. The minimum Gasteiger partial charge on any atom is -0.342 e. The molecular formula is C29H33ClN4. The number of rotatable bonds is 1. The number of nitrogens with one attached hydrogen (secondary N) is 1. The Morgan fingerprint density at radius 1 is 0.853 bits per heavy atom. The molecule has 5 rings (SSSR count). The topological polar surface area (TPSA) is 44.8 Å². The first kappa shape index (κ1) is 25.3. The first-order valence-corrected chi connectivity index (χ1v) is 12.4. The van der Waals surface area contributed by atoms with Gasteiger partial charge in [0.1, 0.15) is 5.69 Å². The van der Waals surface area contributed by atoms with Gasteiger partial charge in [-0.1, -0.05) is 55.1 Å². The fraction of sp³-hybridized carbons (Fsp3) is 0.310. The van der Waals surface area contributed by atoms with Crippen LogP contribution in [0.2, 0.25) is 5.02 Å². The van der Waals surface area contributed by atoms with Gasteiger partial charge in [-0.3, -0.25) is 0 Å². The maximum absolute atomic E-state index is 5.61. The first-order valence-electron chi connectivity index (χ1n) is 12.0. The third kappa shape index (κ3) is 7.37. The summed E-state index contributed by atoms with van der Waals surface area (Å²) in [5.41, 5.74) is 6.19. The van der Waals surface area contributed by atoms with Crippen molar-refractivity contribution in [2.24, 2.45) is 0 Å². The number of imidazole rings is 1. The number of anilines is 1. The largest absolute Gasteiger partial charge is 0.342 e. The summed E-state index contributed by atoms with van der Waals surface area (Å²) in [5.74, 6) is 7.29. The first-order chi connectivity index (χ1) is 16.6. The SMILES string of the molecule is CC.Cc1ccc(C#Cc2ccc3nc(N4CCCCC4)[nH]c3c2)nc1.Cc1ccc(Cl)cc1. The molecule has 2 aromatic carbocycles. The maximum atomic E-state index is 5.61. The smallest absolute Gasteiger partial charge is 0.203 e. The van der Waals surface area contributed by atoms with Crippen LogP contribution in [0.4, 0.5) is 5.95 Å². The van der Waals surface area contributed by atoms with E-state index < -0.39 is 0 Å². The summed E-state index contributed by atoms with van der Waals surface area (Å²) in [6, 6.07) is 17.8. The highest BCUT2D eigenvalue weighted by Crippen LogP contribution is 2.21. The fourth-order valence-electron chi connectivity index (χ4n) is 3.54. The molecule has 4 nitrogen and oxygen atoms in total. The van der Waals surface area contributed by atoms with Gasteiger partial charge in [0.2, 0.25) is 5.95 Å². The Bertz CT molecular complexity index is 1200. The van der Waals surface area contributed by atoms with E-state index in [-0.39, 0.29) is 0 Å². The second kappa shape index (κ2) is 12.8. The zero-order chi connectivity index (χ0) is 24.3. The average Bonchev–Trinajstić information content (AvgIpc) is 3.31. The van der Waals surface area contributed by atoms with Gasteiger partial charge in [-0.2, -0.15) is 0 Å². The van der Waals surface area contributed by atoms with Gasteiger partial charge in [-0.25, -0.2) is 9.97 Å². The summed E-state index contributed by atoms with van der Waals surface area (Å²) in [5, 5.41) is 0.801. The molecule has 0 saturated carbocycles. The van der Waals surface area contributed by atoms with Crippen molar-refractivity contribution in [2.45, 2.75) is 47.0 Å². The number of aromatic amines is 1. The molecule has 0 radical (unpaired) electrons. The van der Waals surface area contributed by atoms with Crippen molar-refractivity contribution in [1.82, 2.24) is 15.0 Å². The number of H-pyrrole nitrogens is 1. The van der Waals surface area contributed by atoms with Crippen LogP contribution in [0.1, 0.15) is 55.5 Å². The Morgan fingerprint density at radius 2 is 1.56 bits per heavy atom. The third-order valence-electron chi connectivity index (χ3n) is 5.38. The average molecular weight is 473 g/mol. The van der Waals surface area contributed by atoms with Crippen LogP contribution < -0.4 is 4.90 Å². The van der Waals surface area contributed by atoms with E-state index >= 15 is 0 Å². The molecule has 4 aromatic rings. The lowest BCUT2D eigenvalue weighted by molar-refractivity contribution is 0.570. The minimum atomic E-state index is 0.791. The number of hydrogen-bond donors (Lipinski definition) is 1. The van der Waals surface area contributed by atoms with Gasteiger partial charge in [-0.05, 0) is 81.0 Å². The number of nitrogens with zero attached hydrogens (tertiary/aromatic N) is 3. The van der Waals surface area contributed by atoms with Crippen LogP contribution in [0.25, 0.3) is 11.0 Å². The molecule has 0 spiro atoms. The molecule has 1 aliphatic rings. The van der Waals surface area contributed by atoms with Gasteiger partial charge in [0.05, 0.1) is 11.0 Å². The van der Waals surface area contributed by atoms with Crippen molar-refractivity contribution < 1.29 is 0 Å². The summed E-state index contributed by atoms with van der Waals surface area (Å²) < 4.78 is 0. The van der Waals surface area contributed by atoms with Crippen LogP contribution in [-0.4, -0.2) is 28.0 Å². The molecule has 3 heterocycles. The Kier molecular flexibility index (Phi) is 9.55. The minimum absolute atomic E-state index is 0.791. The Balaban J connectivity index is 0.000000274. The molecule has 1 fully saturated rings. The lowest BCUT2D eigenvalue weighted by Gasteiger charge is -2.25. The van der Waals surface area contributed by atoms with Crippen LogP contribution in [0.5, 0.6) is 0 Å². The van der Waals surface area contributed by atoms with Gasteiger partial charge < -0.3 is 9.88 Å². The lowest BCUT2D eigenvalue weighted by atomic mass is 10.1. The highest BCUT2D eigenvalue weighted by Gasteiger charge is 2.14. The normalized spacial score (nSPS) is 12.6. The Morgan fingerprint density at radius 3 is 2.21 bits per heavy atom. The molecule has 0 aliphatic carbocycles. The molecule has 1 saturated heterocycles. The Hall–Kier alpha value is -3.29. The molecule has 0 amide bonds. The molecule has 1 N–H and O–H groups in total. The number of pyridine rings is 1. The predicted octanol–water partition coefficient (Wildman–Crippen LogP) is 7.33. The summed E-state index contributed by atoms with van der Waals surface area (Å²) in [4.78, 5) is 14.8. The van der Waals surface area contributed by atoms with E-state index in [2.05, 4.69) is 32.8 Å². The zero-order valence-corrected chi connectivity index (χ0v) is 21.3. The van der Waals surface area contributed by atoms with Crippen molar-refractivity contribution in [3.05, 3.63) is 88.2 Å². The van der Waals surface area contributed by atoms with Gasteiger partial charge in [-0.15, -0.1) is 0 Å². The molecule has 2 aromatic heterocycles. The molecule has 0 bridgehead atoms. The van der Waals surface area contributed by atoms with E-state index in [9.17, 15) is 0 Å². The second-order valence-electron chi connectivity index (χ2n) is 8.11. The van der Waals surface area contributed by atoms with Crippen LogP contribution in [0.3, 0.4) is 0 Å². The molecule has 0 atom stereocenters. The molecule has 5 heteroatoms. The molecular weight excluding hydrogens is 440 g/mol. The molecule has 1 aliphatic heterocycles. The summed E-state index contributed by atoms with van der Waals surface area (Å²) in [6.07, 6.45) is 5.66. The van der Waals surface area contributed by atoms with E-state index in [0.29, 0.717) is 0 Å². The summed E-state index contributed by atoms with van der Waals surface area (Å²) in [6.45, 7) is 10.2. The molecule has 0 unspecified atom stereocenters. The highest BCUT2D eigenvalue weighted by atomic mass is 35.5. The predicted molar refractivity (Wildman–Crippen MR) is 145 cm³/mol. The monoisotopic (exact) mass is 472 g/mol. The fourth-order valence-corrected chi connectivity index (χ4v) is 3.67. The van der Waals surface area contributed by atoms with Gasteiger partial charge >= 0.3 is 0 Å². The standard InChI is InChI=1S/C20H20N4.C7H7Cl.C2H6/c1-15-5-8-17(21-14-15)9-6-16-7-10-18-19(13-16)23-20(22-18)24-11-3-2-4-12-24;1-6-2-4-7(8)5-3-6;1-2/h5,7-8,10,13-14H,2-4,11-12H2,1H3,(H,22,23);2-5H,1H3;1-2H3. The quantitative estimate of drug-likeness (QED) is 0.295. The van der Waals surface area contributed by atoms with E-state index in [1.807, 2.05) is 82.4 Å². The van der Waals surface area contributed by atoms with Crippen molar-refractivity contribution in [1.29, 1.82) is 0 Å². The number of hydrogen-bond acceptors (Lipinski definition) is 3. The van der Waals surface area contributed by atoms with Crippen molar-refractivity contribution in [3.63, 3.8) is 0 Å². The lowest BCUT2D eigenvalue weighted by Crippen LogP contribution is -2.30. The van der Waals surface area contributed by atoms with E-state index in [4.69, 9.17) is 16.6 Å². The van der Waals surface area contributed by atoms with Crippen LogP contribution in [0.15, 0.2) is 60.8 Å². The van der Waals surface area contributed by atoms with E-state index in [0.717, 1.165) is 51.9 Å². The van der Waals surface area contributed by atoms with Gasteiger partial charge in [0.25, 0.3) is 0 Å². The highest BCUT2D eigenvalue weighted by molar-refractivity contribution is 6.30. The number of aryl methyl sites for hydroxylation is 2. The third-order valence-corrected chi connectivity index (χ3v) is 5.63. The van der Waals surface area contributed by atoms with Crippen LogP contribution in [-0.2, 0) is 0 Å². The van der Waals surface area contributed by atoms with E-state index in [1.165, 1.54) is 24.8 Å². The van der Waals surface area contributed by atoms with Crippen LogP contribution in [0, 0.1) is 25.7 Å². The number of benzene rings is 2. The number of piperidine rings is 1. The Labute approximate surface area is 208 Å². The van der Waals surface area contributed by atoms with Gasteiger partial charge in [0, 0.05) is 29.9 Å².